The summed E-state index contributed by atoms with van der Waals surface area (Å²) in [6.07, 6.45) is 5.75. The van der Waals surface area contributed by atoms with Crippen molar-refractivity contribution in [3.8, 4) is 0 Å². The van der Waals surface area contributed by atoms with Crippen LogP contribution in [0.5, 0.6) is 0 Å². The van der Waals surface area contributed by atoms with E-state index < -0.39 is 0 Å². The highest BCUT2D eigenvalue weighted by Crippen LogP contribution is 2.35. The van der Waals surface area contributed by atoms with Crippen LogP contribution < -0.4 is 5.32 Å². The average Bonchev–Trinajstić information content (AvgIpc) is 2.70. The molecular formula is C13H20ClN3S. The van der Waals surface area contributed by atoms with Crippen LogP contribution in [-0.4, -0.2) is 22.3 Å². The van der Waals surface area contributed by atoms with Gasteiger partial charge in [0.1, 0.15) is 11.0 Å². The van der Waals surface area contributed by atoms with Crippen LogP contribution in [0.25, 0.3) is 0 Å². The topological polar surface area (TPSA) is 37.8 Å². The lowest BCUT2D eigenvalue weighted by Gasteiger charge is -2.21. The van der Waals surface area contributed by atoms with Crippen LogP contribution >= 0.6 is 23.4 Å². The second-order valence-electron chi connectivity index (χ2n) is 4.92. The number of nitrogens with one attached hydrogen (secondary N) is 1. The van der Waals surface area contributed by atoms with Crippen molar-refractivity contribution < 1.29 is 0 Å². The Balaban J connectivity index is 2.08. The molecule has 0 saturated heterocycles. The molecule has 100 valence electrons. The minimum Gasteiger partial charge on any atom is -0.367 e. The van der Waals surface area contributed by atoms with Crippen molar-refractivity contribution in [3.63, 3.8) is 0 Å². The summed E-state index contributed by atoms with van der Waals surface area (Å²) in [6.45, 7) is 4.61. The first-order chi connectivity index (χ1) is 8.63. The standard InChI is InChI=1S/C13H20ClN3S/c1-4-9-5-6-10(8(9)2)15-12-7-11(14)16-13(17-12)18-3/h7-10H,4-6H2,1-3H3,(H,15,16,17). The van der Waals surface area contributed by atoms with Crippen molar-refractivity contribution in [2.45, 2.75) is 44.3 Å². The molecule has 3 unspecified atom stereocenters. The second kappa shape index (κ2) is 6.11. The van der Waals surface area contributed by atoms with Crippen LogP contribution in [0.2, 0.25) is 5.15 Å². The lowest BCUT2D eigenvalue weighted by molar-refractivity contribution is 0.391. The number of hydrogen-bond acceptors (Lipinski definition) is 4. The van der Waals surface area contributed by atoms with E-state index in [0.717, 1.165) is 16.9 Å². The molecule has 1 fully saturated rings. The van der Waals surface area contributed by atoms with Crippen molar-refractivity contribution in [2.75, 3.05) is 11.6 Å². The Kier molecular flexibility index (Phi) is 4.73. The van der Waals surface area contributed by atoms with Gasteiger partial charge in [-0.05, 0) is 30.9 Å². The van der Waals surface area contributed by atoms with Gasteiger partial charge in [-0.25, -0.2) is 9.97 Å². The van der Waals surface area contributed by atoms with Gasteiger partial charge in [0, 0.05) is 12.1 Å². The number of aromatic nitrogens is 2. The first kappa shape index (κ1) is 13.9. The minimum absolute atomic E-state index is 0.509. The molecule has 1 aliphatic rings. The minimum atomic E-state index is 0.509. The van der Waals surface area contributed by atoms with Crippen molar-refractivity contribution in [2.24, 2.45) is 11.8 Å². The molecule has 3 atom stereocenters. The van der Waals surface area contributed by atoms with Crippen LogP contribution in [0.1, 0.15) is 33.1 Å². The fourth-order valence-electron chi connectivity index (χ4n) is 2.78. The van der Waals surface area contributed by atoms with Crippen molar-refractivity contribution in [1.29, 1.82) is 0 Å². The maximum Gasteiger partial charge on any atom is 0.190 e. The van der Waals surface area contributed by atoms with Gasteiger partial charge in [0.15, 0.2) is 5.16 Å². The summed E-state index contributed by atoms with van der Waals surface area (Å²) in [7, 11) is 0. The molecule has 1 saturated carbocycles. The Bertz CT molecular complexity index is 413. The van der Waals surface area contributed by atoms with E-state index in [4.69, 9.17) is 11.6 Å². The number of hydrogen-bond donors (Lipinski definition) is 1. The van der Waals surface area contributed by atoms with Crippen molar-refractivity contribution in [3.05, 3.63) is 11.2 Å². The molecule has 1 aromatic heterocycles. The number of nitrogens with zero attached hydrogens (tertiary/aromatic N) is 2. The molecule has 0 bridgehead atoms. The fourth-order valence-corrected chi connectivity index (χ4v) is 3.39. The zero-order valence-corrected chi connectivity index (χ0v) is 12.7. The fraction of sp³-hybridized carbons (Fsp3) is 0.692. The quantitative estimate of drug-likeness (QED) is 0.514. The zero-order valence-electron chi connectivity index (χ0n) is 11.1. The predicted molar refractivity (Wildman–Crippen MR) is 78.4 cm³/mol. The molecule has 1 aromatic rings. The third-order valence-electron chi connectivity index (χ3n) is 3.94. The van der Waals surface area contributed by atoms with Gasteiger partial charge in [-0.2, -0.15) is 0 Å². The summed E-state index contributed by atoms with van der Waals surface area (Å²) in [4.78, 5) is 8.61. The predicted octanol–water partition coefficient (Wildman–Crippen LogP) is 4.09. The lowest BCUT2D eigenvalue weighted by Crippen LogP contribution is -2.25. The monoisotopic (exact) mass is 285 g/mol. The van der Waals surface area contributed by atoms with Crippen LogP contribution in [0.15, 0.2) is 11.2 Å². The Morgan fingerprint density at radius 2 is 2.22 bits per heavy atom. The van der Waals surface area contributed by atoms with Crippen LogP contribution in [0.3, 0.4) is 0 Å². The lowest BCUT2D eigenvalue weighted by atomic mass is 9.93. The van der Waals surface area contributed by atoms with E-state index in [0.29, 0.717) is 17.1 Å². The third kappa shape index (κ3) is 3.09. The van der Waals surface area contributed by atoms with E-state index in [9.17, 15) is 0 Å². The average molecular weight is 286 g/mol. The summed E-state index contributed by atoms with van der Waals surface area (Å²) in [5.74, 6) is 2.38. The molecule has 0 radical (unpaired) electrons. The van der Waals surface area contributed by atoms with E-state index >= 15 is 0 Å². The highest BCUT2D eigenvalue weighted by atomic mass is 35.5. The van der Waals surface area contributed by atoms with E-state index in [1.807, 2.05) is 12.3 Å². The van der Waals surface area contributed by atoms with Gasteiger partial charge in [-0.1, -0.05) is 43.6 Å². The Hall–Kier alpha value is -0.480. The Morgan fingerprint density at radius 1 is 1.44 bits per heavy atom. The first-order valence-electron chi connectivity index (χ1n) is 6.49. The number of anilines is 1. The molecule has 0 aliphatic heterocycles. The number of rotatable bonds is 4. The van der Waals surface area contributed by atoms with Gasteiger partial charge in [0.2, 0.25) is 0 Å². The summed E-state index contributed by atoms with van der Waals surface area (Å²) in [6, 6.07) is 2.32. The SMILES string of the molecule is CCC1CCC(Nc2cc(Cl)nc(SC)n2)C1C. The Labute approximate surface area is 118 Å². The summed E-state index contributed by atoms with van der Waals surface area (Å²) in [5.41, 5.74) is 0. The van der Waals surface area contributed by atoms with Crippen LogP contribution in [0, 0.1) is 11.8 Å². The smallest absolute Gasteiger partial charge is 0.190 e. The molecule has 3 nitrogen and oxygen atoms in total. The van der Waals surface area contributed by atoms with Gasteiger partial charge in [0.05, 0.1) is 0 Å². The first-order valence-corrected chi connectivity index (χ1v) is 8.09. The molecule has 0 amide bonds. The third-order valence-corrected chi connectivity index (χ3v) is 4.68. The summed E-state index contributed by atoms with van der Waals surface area (Å²) in [5, 5.41) is 4.76. The normalized spacial score (nSPS) is 27.4. The van der Waals surface area contributed by atoms with Crippen molar-refractivity contribution >= 4 is 29.2 Å². The maximum absolute atomic E-state index is 6.00. The molecule has 1 N–H and O–H groups in total. The van der Waals surface area contributed by atoms with Gasteiger partial charge in [-0.3, -0.25) is 0 Å². The van der Waals surface area contributed by atoms with E-state index in [1.54, 1.807) is 0 Å². The highest BCUT2D eigenvalue weighted by molar-refractivity contribution is 7.98. The molecule has 0 aromatic carbocycles. The van der Waals surface area contributed by atoms with Crippen LogP contribution in [-0.2, 0) is 0 Å². The molecule has 0 spiro atoms. The highest BCUT2D eigenvalue weighted by Gasteiger charge is 2.31. The van der Waals surface area contributed by atoms with Crippen molar-refractivity contribution in [1.82, 2.24) is 9.97 Å². The molecule has 1 heterocycles. The Morgan fingerprint density at radius 3 is 2.83 bits per heavy atom. The van der Waals surface area contributed by atoms with Crippen LogP contribution in [0.4, 0.5) is 5.82 Å². The maximum atomic E-state index is 6.00. The zero-order chi connectivity index (χ0) is 13.1. The molecule has 5 heteroatoms. The molecule has 1 aliphatic carbocycles. The number of thioether (sulfide) groups is 1. The molecule has 2 rings (SSSR count). The van der Waals surface area contributed by atoms with E-state index in [1.165, 1.54) is 31.0 Å². The second-order valence-corrected chi connectivity index (χ2v) is 6.08. The molecular weight excluding hydrogens is 266 g/mol. The van der Waals surface area contributed by atoms with Gasteiger partial charge in [0.25, 0.3) is 0 Å². The summed E-state index contributed by atoms with van der Waals surface area (Å²) >= 11 is 7.52. The van der Waals surface area contributed by atoms with Gasteiger partial charge >= 0.3 is 0 Å². The molecule has 18 heavy (non-hydrogen) atoms. The number of halogens is 1. The van der Waals surface area contributed by atoms with Gasteiger partial charge < -0.3 is 5.32 Å². The van der Waals surface area contributed by atoms with E-state index in [-0.39, 0.29) is 0 Å². The van der Waals surface area contributed by atoms with Gasteiger partial charge in [-0.15, -0.1) is 0 Å². The largest absolute Gasteiger partial charge is 0.367 e. The summed E-state index contributed by atoms with van der Waals surface area (Å²) < 4.78 is 0. The van der Waals surface area contributed by atoms with E-state index in [2.05, 4.69) is 29.1 Å².